The molecule has 8 heteroatoms. The summed E-state index contributed by atoms with van der Waals surface area (Å²) in [6, 6.07) is 9.41. The van der Waals surface area contributed by atoms with Crippen molar-refractivity contribution in [2.45, 2.75) is 0 Å². The smallest absolute Gasteiger partial charge is 0.231 e. The van der Waals surface area contributed by atoms with E-state index in [-0.39, 0.29) is 6.79 Å². The van der Waals surface area contributed by atoms with E-state index in [9.17, 15) is 0 Å². The number of hydrogen-bond acceptors (Lipinski definition) is 6. The van der Waals surface area contributed by atoms with Crippen LogP contribution in [0.4, 0.5) is 11.5 Å². The van der Waals surface area contributed by atoms with E-state index in [1.54, 1.807) is 24.7 Å². The molecule has 0 aliphatic carbocycles. The summed E-state index contributed by atoms with van der Waals surface area (Å²) >= 11 is 6.51. The van der Waals surface area contributed by atoms with Gasteiger partial charge in [0.05, 0.1) is 22.6 Å². The number of H-pyrrole nitrogens is 1. The van der Waals surface area contributed by atoms with Gasteiger partial charge in [0.15, 0.2) is 11.5 Å². The number of pyridine rings is 2. The maximum absolute atomic E-state index is 6.51. The molecule has 0 amide bonds. The number of anilines is 2. The van der Waals surface area contributed by atoms with E-state index in [0.717, 1.165) is 39.6 Å². The fraction of sp³-hybridized carbons (Fsp3) is 0.0500. The van der Waals surface area contributed by atoms with E-state index in [4.69, 9.17) is 26.1 Å². The summed E-state index contributed by atoms with van der Waals surface area (Å²) in [5, 5.41) is 3.88. The molecule has 1 aromatic carbocycles. The molecule has 0 atom stereocenters. The van der Waals surface area contributed by atoms with Crippen molar-refractivity contribution in [2.24, 2.45) is 0 Å². The summed E-state index contributed by atoms with van der Waals surface area (Å²) in [7, 11) is 0. The minimum absolute atomic E-state index is 0.189. The number of aromatic amines is 1. The van der Waals surface area contributed by atoms with E-state index < -0.39 is 0 Å². The van der Waals surface area contributed by atoms with E-state index in [1.807, 2.05) is 24.3 Å². The monoisotopic (exact) mass is 389 g/mol. The second-order valence-corrected chi connectivity index (χ2v) is 6.85. The third-order valence-corrected chi connectivity index (χ3v) is 5.14. The molecule has 2 aliphatic heterocycles. The molecule has 28 heavy (non-hydrogen) atoms. The number of ether oxygens (including phenoxy) is 2. The Morgan fingerprint density at radius 1 is 1.00 bits per heavy atom. The highest BCUT2D eigenvalue weighted by Crippen LogP contribution is 2.45. The SMILES string of the molecule is Clc1cc2c(cc1-c1nc3c([nH]1)-c1ccncc1Nc1ncccc1-3)OCO2. The van der Waals surface area contributed by atoms with Crippen LogP contribution in [0.5, 0.6) is 11.5 Å². The third kappa shape index (κ3) is 2.20. The normalized spacial score (nSPS) is 13.2. The lowest BCUT2D eigenvalue weighted by molar-refractivity contribution is 0.174. The van der Waals surface area contributed by atoms with Crippen molar-refractivity contribution in [1.29, 1.82) is 0 Å². The summed E-state index contributed by atoms with van der Waals surface area (Å²) in [5.74, 6) is 2.66. The van der Waals surface area contributed by atoms with Crippen molar-refractivity contribution < 1.29 is 9.47 Å². The second-order valence-electron chi connectivity index (χ2n) is 6.44. The quantitative estimate of drug-likeness (QED) is 0.434. The number of nitrogens with one attached hydrogen (secondary N) is 2. The zero-order valence-electron chi connectivity index (χ0n) is 14.4. The van der Waals surface area contributed by atoms with Gasteiger partial charge in [0.1, 0.15) is 17.3 Å². The topological polar surface area (TPSA) is 85.0 Å². The molecule has 0 radical (unpaired) electrons. The highest BCUT2D eigenvalue weighted by molar-refractivity contribution is 6.33. The second kappa shape index (κ2) is 5.71. The molecule has 0 saturated carbocycles. The van der Waals surface area contributed by atoms with Gasteiger partial charge in [-0.05, 0) is 24.3 Å². The van der Waals surface area contributed by atoms with E-state index in [2.05, 4.69) is 20.3 Å². The average Bonchev–Trinajstić information content (AvgIpc) is 3.32. The minimum atomic E-state index is 0.189. The molecule has 0 unspecified atom stereocenters. The molecule has 7 nitrogen and oxygen atoms in total. The summed E-state index contributed by atoms with van der Waals surface area (Å²) < 4.78 is 10.9. The molecule has 0 saturated heterocycles. The molecule has 5 heterocycles. The third-order valence-electron chi connectivity index (χ3n) is 4.83. The van der Waals surface area contributed by atoms with Gasteiger partial charge >= 0.3 is 0 Å². The maximum Gasteiger partial charge on any atom is 0.231 e. The lowest BCUT2D eigenvalue weighted by Gasteiger charge is -2.08. The van der Waals surface area contributed by atoms with E-state index >= 15 is 0 Å². The number of rotatable bonds is 1. The van der Waals surface area contributed by atoms with Crippen LogP contribution in [0.25, 0.3) is 33.9 Å². The van der Waals surface area contributed by atoms with Gasteiger partial charge in [0.25, 0.3) is 0 Å². The Bertz CT molecular complexity index is 1190. The fourth-order valence-corrected chi connectivity index (χ4v) is 3.77. The van der Waals surface area contributed by atoms with Crippen molar-refractivity contribution in [1.82, 2.24) is 19.9 Å². The number of nitrogens with zero attached hydrogens (tertiary/aromatic N) is 3. The standard InChI is InChI=1S/C20H12ClN5O2/c21-13-7-16-15(27-9-28-16)6-12(13)20-25-17-10-3-5-22-8-14(10)24-19-11(18(17)26-20)2-1-4-23-19/h1-8H,9H2,(H,23,24)(H,25,26). The Morgan fingerprint density at radius 2 is 1.89 bits per heavy atom. The van der Waals surface area contributed by atoms with Crippen LogP contribution in [-0.4, -0.2) is 26.7 Å². The first-order chi connectivity index (χ1) is 13.8. The highest BCUT2D eigenvalue weighted by atomic mass is 35.5. The first kappa shape index (κ1) is 15.5. The average molecular weight is 390 g/mol. The minimum Gasteiger partial charge on any atom is -0.454 e. The largest absolute Gasteiger partial charge is 0.454 e. The first-order valence-electron chi connectivity index (χ1n) is 8.64. The first-order valence-corrected chi connectivity index (χ1v) is 9.02. The van der Waals surface area contributed by atoms with Crippen LogP contribution in [-0.2, 0) is 0 Å². The van der Waals surface area contributed by atoms with Crippen molar-refractivity contribution in [3.63, 3.8) is 0 Å². The maximum atomic E-state index is 6.51. The molecular formula is C20H12ClN5O2. The number of benzene rings is 1. The molecule has 0 spiro atoms. The van der Waals surface area contributed by atoms with Crippen molar-refractivity contribution in [2.75, 3.05) is 12.1 Å². The zero-order chi connectivity index (χ0) is 18.7. The van der Waals surface area contributed by atoms with Gasteiger partial charge in [-0.2, -0.15) is 0 Å². The van der Waals surface area contributed by atoms with Gasteiger partial charge in [0.2, 0.25) is 6.79 Å². The van der Waals surface area contributed by atoms with Crippen LogP contribution >= 0.6 is 11.6 Å². The van der Waals surface area contributed by atoms with Gasteiger partial charge in [-0.15, -0.1) is 0 Å². The molecule has 136 valence electrons. The number of imidazole rings is 1. The van der Waals surface area contributed by atoms with Crippen LogP contribution in [0, 0.1) is 0 Å². The van der Waals surface area contributed by atoms with Gasteiger partial charge in [-0.25, -0.2) is 9.97 Å². The van der Waals surface area contributed by atoms with Gasteiger partial charge in [-0.1, -0.05) is 11.6 Å². The number of hydrogen-bond donors (Lipinski definition) is 2. The van der Waals surface area contributed by atoms with Crippen molar-refractivity contribution >= 4 is 23.1 Å². The molecule has 2 aliphatic rings. The molecule has 4 aromatic rings. The molecular weight excluding hydrogens is 378 g/mol. The van der Waals surface area contributed by atoms with Crippen LogP contribution in [0.2, 0.25) is 5.02 Å². The van der Waals surface area contributed by atoms with Crippen molar-refractivity contribution in [3.05, 3.63) is 53.9 Å². The van der Waals surface area contributed by atoms with Crippen LogP contribution < -0.4 is 14.8 Å². The van der Waals surface area contributed by atoms with Crippen LogP contribution in [0.15, 0.2) is 48.9 Å². The zero-order valence-corrected chi connectivity index (χ0v) is 15.1. The summed E-state index contributed by atoms with van der Waals surface area (Å²) in [5.41, 5.74) is 5.12. The Hall–Kier alpha value is -3.58. The van der Waals surface area contributed by atoms with Crippen LogP contribution in [0.1, 0.15) is 0 Å². The number of fused-ring (bicyclic) bond motifs is 6. The summed E-state index contributed by atoms with van der Waals surface area (Å²) in [6.45, 7) is 0.189. The lowest BCUT2D eigenvalue weighted by atomic mass is 10.1. The van der Waals surface area contributed by atoms with Crippen molar-refractivity contribution in [3.8, 4) is 45.4 Å². The summed E-state index contributed by atoms with van der Waals surface area (Å²) in [6.07, 6.45) is 5.27. The molecule has 6 rings (SSSR count). The predicted octanol–water partition coefficient (Wildman–Crippen LogP) is 4.64. The molecule has 0 bridgehead atoms. The molecule has 0 fully saturated rings. The Balaban J connectivity index is 1.61. The predicted molar refractivity (Wildman–Crippen MR) is 105 cm³/mol. The van der Waals surface area contributed by atoms with Gasteiger partial charge in [-0.3, -0.25) is 4.98 Å². The molecule has 2 N–H and O–H groups in total. The highest BCUT2D eigenvalue weighted by Gasteiger charge is 2.26. The Labute approximate surface area is 164 Å². The molecule has 3 aromatic heterocycles. The fourth-order valence-electron chi connectivity index (χ4n) is 3.52. The summed E-state index contributed by atoms with van der Waals surface area (Å²) in [4.78, 5) is 17.0. The Kier molecular flexibility index (Phi) is 3.15. The van der Waals surface area contributed by atoms with Crippen LogP contribution in [0.3, 0.4) is 0 Å². The number of aromatic nitrogens is 4. The lowest BCUT2D eigenvalue weighted by Crippen LogP contribution is -1.95. The van der Waals surface area contributed by atoms with E-state index in [1.165, 1.54) is 0 Å². The Morgan fingerprint density at radius 3 is 2.82 bits per heavy atom. The van der Waals surface area contributed by atoms with E-state index in [0.29, 0.717) is 22.3 Å². The number of halogens is 1. The van der Waals surface area contributed by atoms with Gasteiger partial charge in [0, 0.05) is 35.2 Å². The van der Waals surface area contributed by atoms with Gasteiger partial charge < -0.3 is 19.8 Å².